The Kier molecular flexibility index (Phi) is 5.26. The molecule has 116 valence electrons. The first-order valence-corrected chi connectivity index (χ1v) is 7.27. The van der Waals surface area contributed by atoms with Crippen molar-refractivity contribution in [2.24, 2.45) is 5.73 Å². The lowest BCUT2D eigenvalue weighted by Crippen LogP contribution is -2.36. The number of aromatic nitrogens is 3. The van der Waals surface area contributed by atoms with E-state index in [1.807, 2.05) is 0 Å². The monoisotopic (exact) mass is 295 g/mol. The van der Waals surface area contributed by atoms with Crippen LogP contribution >= 0.6 is 0 Å². The standard InChI is InChI=1S/C13H21N5O3/c14-8-10-12(13(20)21)16-17-18(10)7-6-11(19)15-9-4-2-1-3-5-9/h9H,1-8,14H2,(H,15,19)(H,20,21). The van der Waals surface area contributed by atoms with Crippen LogP contribution in [0.25, 0.3) is 0 Å². The van der Waals surface area contributed by atoms with Gasteiger partial charge in [0.2, 0.25) is 5.91 Å². The summed E-state index contributed by atoms with van der Waals surface area (Å²) in [5.74, 6) is -1.20. The van der Waals surface area contributed by atoms with Crippen molar-refractivity contribution >= 4 is 11.9 Å². The van der Waals surface area contributed by atoms with E-state index in [0.717, 1.165) is 25.7 Å². The number of hydrogen-bond donors (Lipinski definition) is 3. The highest BCUT2D eigenvalue weighted by atomic mass is 16.4. The Morgan fingerprint density at radius 1 is 1.33 bits per heavy atom. The maximum Gasteiger partial charge on any atom is 0.358 e. The van der Waals surface area contributed by atoms with Gasteiger partial charge in [-0.1, -0.05) is 24.5 Å². The van der Waals surface area contributed by atoms with Gasteiger partial charge in [-0.25, -0.2) is 9.48 Å². The predicted molar refractivity (Wildman–Crippen MR) is 74.5 cm³/mol. The highest BCUT2D eigenvalue weighted by molar-refractivity contribution is 5.86. The van der Waals surface area contributed by atoms with Gasteiger partial charge in [0.1, 0.15) is 0 Å². The van der Waals surface area contributed by atoms with Crippen LogP contribution in [0, 0.1) is 0 Å². The number of rotatable bonds is 6. The molecule has 1 amide bonds. The van der Waals surface area contributed by atoms with Crippen molar-refractivity contribution < 1.29 is 14.7 Å². The van der Waals surface area contributed by atoms with Gasteiger partial charge in [-0.05, 0) is 12.8 Å². The summed E-state index contributed by atoms with van der Waals surface area (Å²) in [7, 11) is 0. The smallest absolute Gasteiger partial charge is 0.358 e. The van der Waals surface area contributed by atoms with Crippen LogP contribution in [0.15, 0.2) is 0 Å². The van der Waals surface area contributed by atoms with Gasteiger partial charge in [0.05, 0.1) is 12.2 Å². The number of amides is 1. The van der Waals surface area contributed by atoms with Gasteiger partial charge in [-0.3, -0.25) is 4.79 Å². The predicted octanol–water partition coefficient (Wildman–Crippen LogP) is 0.274. The number of aryl methyl sites for hydroxylation is 1. The first kappa shape index (κ1) is 15.4. The molecule has 8 heteroatoms. The molecule has 1 fully saturated rings. The van der Waals surface area contributed by atoms with Crippen LogP contribution in [-0.2, 0) is 17.9 Å². The lowest BCUT2D eigenvalue weighted by molar-refractivity contribution is -0.122. The number of nitrogens with one attached hydrogen (secondary N) is 1. The maximum atomic E-state index is 11.9. The quantitative estimate of drug-likeness (QED) is 0.692. The molecule has 1 aliphatic carbocycles. The lowest BCUT2D eigenvalue weighted by atomic mass is 9.95. The summed E-state index contributed by atoms with van der Waals surface area (Å²) in [5.41, 5.74) is 5.72. The first-order chi connectivity index (χ1) is 10.1. The Bertz CT molecular complexity index is 508. The molecule has 0 aliphatic heterocycles. The van der Waals surface area contributed by atoms with Gasteiger partial charge in [-0.15, -0.1) is 5.10 Å². The summed E-state index contributed by atoms with van der Waals surface area (Å²) < 4.78 is 1.39. The molecule has 1 aliphatic rings. The van der Waals surface area contributed by atoms with Crippen molar-refractivity contribution in [2.45, 2.75) is 57.7 Å². The van der Waals surface area contributed by atoms with Crippen LogP contribution in [0.3, 0.4) is 0 Å². The van der Waals surface area contributed by atoms with E-state index in [1.165, 1.54) is 11.1 Å². The summed E-state index contributed by atoms with van der Waals surface area (Å²) in [6.07, 6.45) is 5.87. The fourth-order valence-corrected chi connectivity index (χ4v) is 2.63. The number of carbonyl (C=O) groups is 2. The molecule has 4 N–H and O–H groups in total. The molecule has 1 aromatic rings. The van der Waals surface area contributed by atoms with Gasteiger partial charge in [0.25, 0.3) is 0 Å². The Hall–Kier alpha value is -1.96. The second-order valence-electron chi connectivity index (χ2n) is 5.27. The third kappa shape index (κ3) is 4.01. The van der Waals surface area contributed by atoms with Crippen molar-refractivity contribution in [2.75, 3.05) is 0 Å². The van der Waals surface area contributed by atoms with Gasteiger partial charge >= 0.3 is 5.97 Å². The molecule has 1 heterocycles. The largest absolute Gasteiger partial charge is 0.476 e. The minimum atomic E-state index is -1.16. The van der Waals surface area contributed by atoms with Crippen LogP contribution in [0.5, 0.6) is 0 Å². The van der Waals surface area contributed by atoms with Crippen molar-refractivity contribution in [1.82, 2.24) is 20.3 Å². The van der Waals surface area contributed by atoms with Crippen LogP contribution < -0.4 is 11.1 Å². The molecular weight excluding hydrogens is 274 g/mol. The number of nitrogens with two attached hydrogens (primary N) is 1. The van der Waals surface area contributed by atoms with Crippen molar-refractivity contribution in [1.29, 1.82) is 0 Å². The minimum absolute atomic E-state index is 0.0267. The SMILES string of the molecule is NCc1c(C(=O)O)nnn1CCC(=O)NC1CCCCC1. The highest BCUT2D eigenvalue weighted by Crippen LogP contribution is 2.17. The molecule has 8 nitrogen and oxygen atoms in total. The van der Waals surface area contributed by atoms with Crippen molar-refractivity contribution in [3.05, 3.63) is 11.4 Å². The van der Waals surface area contributed by atoms with Gasteiger partial charge in [0.15, 0.2) is 5.69 Å². The van der Waals surface area contributed by atoms with E-state index >= 15 is 0 Å². The van der Waals surface area contributed by atoms with Gasteiger partial charge < -0.3 is 16.2 Å². The molecule has 0 bridgehead atoms. The molecule has 1 saturated carbocycles. The van der Waals surface area contributed by atoms with Crippen LogP contribution in [0.1, 0.15) is 54.7 Å². The van der Waals surface area contributed by atoms with Crippen LogP contribution in [-0.4, -0.2) is 38.0 Å². The number of aromatic carboxylic acids is 1. The molecule has 2 rings (SSSR count). The number of carboxylic acids is 1. The zero-order chi connectivity index (χ0) is 15.2. The fraction of sp³-hybridized carbons (Fsp3) is 0.692. The van der Waals surface area contributed by atoms with Crippen molar-refractivity contribution in [3.63, 3.8) is 0 Å². The van der Waals surface area contributed by atoms with E-state index in [1.54, 1.807) is 0 Å². The normalized spacial score (nSPS) is 15.9. The average molecular weight is 295 g/mol. The van der Waals surface area contributed by atoms with E-state index in [0.29, 0.717) is 5.69 Å². The molecule has 0 unspecified atom stereocenters. The Morgan fingerprint density at radius 3 is 2.67 bits per heavy atom. The highest BCUT2D eigenvalue weighted by Gasteiger charge is 2.19. The van der Waals surface area contributed by atoms with E-state index in [2.05, 4.69) is 15.6 Å². The van der Waals surface area contributed by atoms with E-state index in [-0.39, 0.29) is 37.2 Å². The zero-order valence-corrected chi connectivity index (χ0v) is 11.9. The number of carbonyl (C=O) groups excluding carboxylic acids is 1. The Morgan fingerprint density at radius 2 is 2.05 bits per heavy atom. The Balaban J connectivity index is 1.87. The van der Waals surface area contributed by atoms with Crippen LogP contribution in [0.4, 0.5) is 0 Å². The van der Waals surface area contributed by atoms with E-state index < -0.39 is 5.97 Å². The van der Waals surface area contributed by atoms with Gasteiger partial charge in [-0.2, -0.15) is 0 Å². The van der Waals surface area contributed by atoms with Crippen molar-refractivity contribution in [3.8, 4) is 0 Å². The lowest BCUT2D eigenvalue weighted by Gasteiger charge is -2.22. The molecule has 0 spiro atoms. The topological polar surface area (TPSA) is 123 Å². The zero-order valence-electron chi connectivity index (χ0n) is 11.9. The molecule has 0 radical (unpaired) electrons. The number of hydrogen-bond acceptors (Lipinski definition) is 5. The number of nitrogens with zero attached hydrogens (tertiary/aromatic N) is 3. The summed E-state index contributed by atoms with van der Waals surface area (Å²) in [6, 6.07) is 0.269. The van der Waals surface area contributed by atoms with E-state index in [9.17, 15) is 9.59 Å². The third-order valence-electron chi connectivity index (χ3n) is 3.75. The maximum absolute atomic E-state index is 11.9. The summed E-state index contributed by atoms with van der Waals surface area (Å²) >= 11 is 0. The second kappa shape index (κ2) is 7.16. The summed E-state index contributed by atoms with van der Waals surface area (Å²) in [6.45, 7) is 0.310. The second-order valence-corrected chi connectivity index (χ2v) is 5.27. The molecule has 1 aromatic heterocycles. The summed E-state index contributed by atoms with van der Waals surface area (Å²) in [5, 5.41) is 19.3. The number of carboxylic acid groups (broad SMARTS) is 1. The minimum Gasteiger partial charge on any atom is -0.476 e. The summed E-state index contributed by atoms with van der Waals surface area (Å²) in [4.78, 5) is 22.8. The first-order valence-electron chi connectivity index (χ1n) is 7.27. The molecule has 0 saturated heterocycles. The molecule has 21 heavy (non-hydrogen) atoms. The third-order valence-corrected chi connectivity index (χ3v) is 3.75. The molecular formula is C13H21N5O3. The fourth-order valence-electron chi connectivity index (χ4n) is 2.63. The van der Waals surface area contributed by atoms with Gasteiger partial charge in [0, 0.05) is 19.0 Å². The Labute approximate surface area is 122 Å². The molecule has 0 aromatic carbocycles. The average Bonchev–Trinajstić information content (AvgIpc) is 2.89. The van der Waals surface area contributed by atoms with E-state index in [4.69, 9.17) is 10.8 Å². The van der Waals surface area contributed by atoms with Crippen LogP contribution in [0.2, 0.25) is 0 Å². The molecule has 0 atom stereocenters.